The Bertz CT molecular complexity index is 758. The van der Waals surface area contributed by atoms with Gasteiger partial charge in [-0.15, -0.1) is 0 Å². The van der Waals surface area contributed by atoms with Gasteiger partial charge in [-0.1, -0.05) is 60.7 Å². The van der Waals surface area contributed by atoms with Crippen LogP contribution in [0.3, 0.4) is 0 Å². The molecule has 4 heteroatoms. The summed E-state index contributed by atoms with van der Waals surface area (Å²) in [6, 6.07) is 14.8. The van der Waals surface area contributed by atoms with E-state index in [9.17, 15) is 9.59 Å². The molecule has 0 heterocycles. The summed E-state index contributed by atoms with van der Waals surface area (Å²) >= 11 is 0. The molecule has 0 aliphatic rings. The van der Waals surface area contributed by atoms with E-state index in [0.29, 0.717) is 11.1 Å². The van der Waals surface area contributed by atoms with Crippen molar-refractivity contribution < 1.29 is 9.59 Å². The summed E-state index contributed by atoms with van der Waals surface area (Å²) in [4.78, 5) is 22.9. The molecule has 0 saturated heterocycles. The summed E-state index contributed by atoms with van der Waals surface area (Å²) in [6.45, 7) is 0. The molecule has 0 unspecified atom stereocenters. The second-order valence-electron chi connectivity index (χ2n) is 5.51. The van der Waals surface area contributed by atoms with E-state index in [1.165, 1.54) is 0 Å². The third kappa shape index (κ3) is 5.60. The molecule has 0 atom stereocenters. The van der Waals surface area contributed by atoms with Gasteiger partial charge in [-0.2, -0.15) is 0 Å². The van der Waals surface area contributed by atoms with E-state index in [2.05, 4.69) is 10.6 Å². The number of amides is 2. The number of benzene rings is 2. The summed E-state index contributed by atoms with van der Waals surface area (Å²) in [7, 11) is 3.23. The number of carbonyl (C=O) groups excluding carboxylic acids is 2. The van der Waals surface area contributed by atoms with Crippen LogP contribution in [0.25, 0.3) is 12.2 Å². The molecule has 2 aromatic carbocycles. The van der Waals surface area contributed by atoms with E-state index >= 15 is 0 Å². The molecule has 2 rings (SSSR count). The van der Waals surface area contributed by atoms with Gasteiger partial charge in [0.1, 0.15) is 0 Å². The first-order valence-corrected chi connectivity index (χ1v) is 8.29. The number of hydrogen-bond acceptors (Lipinski definition) is 2. The van der Waals surface area contributed by atoms with Gasteiger partial charge in [0, 0.05) is 25.2 Å². The van der Waals surface area contributed by atoms with Gasteiger partial charge in [-0.25, -0.2) is 0 Å². The Kier molecular flexibility index (Phi) is 7.13. The number of nitrogens with one attached hydrogen (secondary N) is 2. The lowest BCUT2D eigenvalue weighted by molar-refractivity contribution is 0.0955. The van der Waals surface area contributed by atoms with Crippen molar-refractivity contribution in [2.45, 2.75) is 0 Å². The van der Waals surface area contributed by atoms with E-state index in [1.807, 2.05) is 60.7 Å². The van der Waals surface area contributed by atoms with Crippen LogP contribution in [-0.4, -0.2) is 25.9 Å². The minimum absolute atomic E-state index is 0.0890. The minimum Gasteiger partial charge on any atom is -0.355 e. The summed E-state index contributed by atoms with van der Waals surface area (Å²) in [5.41, 5.74) is 3.34. The van der Waals surface area contributed by atoms with Gasteiger partial charge in [0.25, 0.3) is 11.8 Å². The Hall–Kier alpha value is -3.40. The number of hydrogen-bond donors (Lipinski definition) is 2. The Morgan fingerprint density at radius 2 is 0.962 bits per heavy atom. The number of allylic oxidation sites excluding steroid dienone is 4. The van der Waals surface area contributed by atoms with Gasteiger partial charge in [-0.05, 0) is 35.4 Å². The van der Waals surface area contributed by atoms with Gasteiger partial charge in [0.15, 0.2) is 0 Å². The maximum Gasteiger partial charge on any atom is 0.251 e. The average Bonchev–Trinajstić information content (AvgIpc) is 2.70. The van der Waals surface area contributed by atoms with E-state index in [1.54, 1.807) is 38.4 Å². The SMILES string of the molecule is CNC(=O)c1ccc(/C=C/C=C/C=C/c2ccc(C(=O)NC)cc2)cc1. The predicted octanol–water partition coefficient (Wildman–Crippen LogP) is 3.69. The fourth-order valence-corrected chi connectivity index (χ4v) is 2.24. The van der Waals surface area contributed by atoms with E-state index in [0.717, 1.165) is 11.1 Å². The lowest BCUT2D eigenvalue weighted by Gasteiger charge is -1.99. The highest BCUT2D eigenvalue weighted by Crippen LogP contribution is 2.08. The number of rotatable bonds is 6. The molecular formula is C22H22N2O2. The highest BCUT2D eigenvalue weighted by Gasteiger charge is 2.01. The highest BCUT2D eigenvalue weighted by atomic mass is 16.2. The molecule has 0 radical (unpaired) electrons. The Balaban J connectivity index is 1.88. The van der Waals surface area contributed by atoms with Crippen molar-refractivity contribution in [3.05, 3.63) is 95.1 Å². The third-order valence-electron chi connectivity index (χ3n) is 3.71. The largest absolute Gasteiger partial charge is 0.355 e. The fraction of sp³-hybridized carbons (Fsp3) is 0.0909. The molecule has 0 aliphatic heterocycles. The molecule has 26 heavy (non-hydrogen) atoms. The first-order valence-electron chi connectivity index (χ1n) is 8.29. The summed E-state index contributed by atoms with van der Waals surface area (Å²) in [5.74, 6) is -0.178. The highest BCUT2D eigenvalue weighted by molar-refractivity contribution is 5.94. The van der Waals surface area contributed by atoms with E-state index in [-0.39, 0.29) is 11.8 Å². The van der Waals surface area contributed by atoms with Gasteiger partial charge >= 0.3 is 0 Å². The second kappa shape index (κ2) is 9.79. The lowest BCUT2D eigenvalue weighted by atomic mass is 10.1. The topological polar surface area (TPSA) is 58.2 Å². The van der Waals surface area contributed by atoms with E-state index in [4.69, 9.17) is 0 Å². The Morgan fingerprint density at radius 3 is 1.27 bits per heavy atom. The van der Waals surface area contributed by atoms with Crippen molar-refractivity contribution in [1.82, 2.24) is 10.6 Å². The van der Waals surface area contributed by atoms with Crippen LogP contribution in [-0.2, 0) is 0 Å². The second-order valence-corrected chi connectivity index (χ2v) is 5.51. The van der Waals surface area contributed by atoms with Crippen LogP contribution in [0.4, 0.5) is 0 Å². The molecule has 0 aromatic heterocycles. The Labute approximate surface area is 153 Å². The van der Waals surface area contributed by atoms with Crippen molar-refractivity contribution in [3.8, 4) is 0 Å². The van der Waals surface area contributed by atoms with E-state index < -0.39 is 0 Å². The van der Waals surface area contributed by atoms with Crippen molar-refractivity contribution in [2.24, 2.45) is 0 Å². The van der Waals surface area contributed by atoms with Gasteiger partial charge in [-0.3, -0.25) is 9.59 Å². The zero-order valence-electron chi connectivity index (χ0n) is 14.9. The summed E-state index contributed by atoms with van der Waals surface area (Å²) in [5, 5.41) is 5.19. The molecule has 4 nitrogen and oxygen atoms in total. The molecule has 2 N–H and O–H groups in total. The third-order valence-corrected chi connectivity index (χ3v) is 3.71. The molecule has 0 aliphatic carbocycles. The number of carbonyl (C=O) groups is 2. The zero-order valence-corrected chi connectivity index (χ0v) is 14.9. The smallest absolute Gasteiger partial charge is 0.251 e. The summed E-state index contributed by atoms with van der Waals surface area (Å²) in [6.07, 6.45) is 11.7. The molecule has 2 amide bonds. The van der Waals surface area contributed by atoms with Gasteiger partial charge in [0.05, 0.1) is 0 Å². The molecule has 2 aromatic rings. The van der Waals surface area contributed by atoms with Crippen molar-refractivity contribution in [3.63, 3.8) is 0 Å². The van der Waals surface area contributed by atoms with Crippen LogP contribution < -0.4 is 10.6 Å². The maximum atomic E-state index is 11.5. The quantitative estimate of drug-likeness (QED) is 0.784. The molecule has 0 fully saturated rings. The van der Waals surface area contributed by atoms with Crippen LogP contribution in [0.1, 0.15) is 31.8 Å². The molecule has 0 spiro atoms. The first-order chi connectivity index (χ1) is 12.6. The van der Waals surface area contributed by atoms with Crippen molar-refractivity contribution in [2.75, 3.05) is 14.1 Å². The van der Waals surface area contributed by atoms with Gasteiger partial charge in [0.2, 0.25) is 0 Å². The molecule has 132 valence electrons. The molecule has 0 bridgehead atoms. The van der Waals surface area contributed by atoms with Crippen molar-refractivity contribution >= 4 is 24.0 Å². The van der Waals surface area contributed by atoms with Crippen LogP contribution in [0.5, 0.6) is 0 Å². The zero-order chi connectivity index (χ0) is 18.8. The van der Waals surface area contributed by atoms with Crippen LogP contribution in [0, 0.1) is 0 Å². The van der Waals surface area contributed by atoms with Crippen LogP contribution in [0.15, 0.2) is 72.8 Å². The minimum atomic E-state index is -0.0890. The predicted molar refractivity (Wildman–Crippen MR) is 107 cm³/mol. The lowest BCUT2D eigenvalue weighted by Crippen LogP contribution is -2.17. The maximum absolute atomic E-state index is 11.5. The molecular weight excluding hydrogens is 324 g/mol. The first kappa shape index (κ1) is 18.9. The average molecular weight is 346 g/mol. The standard InChI is InChI=1S/C22H22N2O2/c1-23-21(25)19-13-9-17(10-14-19)7-5-3-4-6-8-18-11-15-20(16-12-18)22(26)24-2/h3-16H,1-2H3,(H,23,25)(H,24,26)/b4-3+,7-5+,8-6+. The fourth-order valence-electron chi connectivity index (χ4n) is 2.24. The van der Waals surface area contributed by atoms with Gasteiger partial charge < -0.3 is 10.6 Å². The monoisotopic (exact) mass is 346 g/mol. The molecule has 0 saturated carbocycles. The normalized spacial score (nSPS) is 11.3. The summed E-state index contributed by atoms with van der Waals surface area (Å²) < 4.78 is 0. The van der Waals surface area contributed by atoms with Crippen LogP contribution >= 0.6 is 0 Å². The van der Waals surface area contributed by atoms with Crippen LogP contribution in [0.2, 0.25) is 0 Å². The Morgan fingerprint density at radius 1 is 0.615 bits per heavy atom. The van der Waals surface area contributed by atoms with Crippen molar-refractivity contribution in [1.29, 1.82) is 0 Å².